The Morgan fingerprint density at radius 2 is 2.35 bits per heavy atom. The van der Waals surface area contributed by atoms with Crippen LogP contribution < -0.4 is 9.64 Å². The first-order valence-electron chi connectivity index (χ1n) is 6.25. The summed E-state index contributed by atoms with van der Waals surface area (Å²) in [5.74, 6) is 0.549. The van der Waals surface area contributed by atoms with Crippen molar-refractivity contribution in [1.29, 1.82) is 0 Å². The number of nitrogens with zero attached hydrogens (tertiary/aromatic N) is 3. The van der Waals surface area contributed by atoms with Gasteiger partial charge in [0.05, 0.1) is 30.8 Å². The van der Waals surface area contributed by atoms with Crippen molar-refractivity contribution in [2.45, 2.75) is 19.1 Å². The third-order valence-electron chi connectivity index (χ3n) is 3.06. The van der Waals surface area contributed by atoms with E-state index in [0.29, 0.717) is 19.0 Å². The number of pyridine rings is 1. The van der Waals surface area contributed by atoms with E-state index in [2.05, 4.69) is 4.98 Å². The Hall–Kier alpha value is -1.93. The molecule has 20 heavy (non-hydrogen) atoms. The van der Waals surface area contributed by atoms with Crippen molar-refractivity contribution in [2.75, 3.05) is 31.7 Å². The topological polar surface area (TPSA) is 98.0 Å². The molecule has 2 unspecified atom stereocenters. The molecule has 1 aromatic heterocycles. The molecule has 1 N–H and O–H groups in total. The molecule has 0 saturated carbocycles. The van der Waals surface area contributed by atoms with Gasteiger partial charge in [0.25, 0.3) is 0 Å². The van der Waals surface area contributed by atoms with Gasteiger partial charge in [-0.2, -0.15) is 4.98 Å². The molecule has 2 heterocycles. The molecule has 0 amide bonds. The quantitative estimate of drug-likeness (QED) is 0.637. The van der Waals surface area contributed by atoms with Gasteiger partial charge in [-0.15, -0.1) is 0 Å². The Labute approximate surface area is 116 Å². The minimum absolute atomic E-state index is 0.0865. The first-order chi connectivity index (χ1) is 9.55. The van der Waals surface area contributed by atoms with Crippen LogP contribution in [0.3, 0.4) is 0 Å². The van der Waals surface area contributed by atoms with Gasteiger partial charge in [0.15, 0.2) is 0 Å². The van der Waals surface area contributed by atoms with E-state index in [1.807, 2.05) is 6.92 Å². The van der Waals surface area contributed by atoms with Crippen molar-refractivity contribution in [1.82, 2.24) is 4.98 Å². The SMILES string of the molecule is COc1ccc([N+](=O)[O-])c(N2CC(C)OC(CO)C2)n1. The van der Waals surface area contributed by atoms with E-state index in [0.717, 1.165) is 0 Å². The van der Waals surface area contributed by atoms with E-state index in [-0.39, 0.29) is 30.3 Å². The van der Waals surface area contributed by atoms with Gasteiger partial charge in [-0.3, -0.25) is 10.1 Å². The van der Waals surface area contributed by atoms with Crippen molar-refractivity contribution in [2.24, 2.45) is 0 Å². The van der Waals surface area contributed by atoms with Crippen molar-refractivity contribution < 1.29 is 19.5 Å². The molecule has 0 aromatic carbocycles. The molecule has 1 aliphatic rings. The molecule has 110 valence electrons. The van der Waals surface area contributed by atoms with Crippen LogP contribution in [0, 0.1) is 10.1 Å². The van der Waals surface area contributed by atoms with Crippen molar-refractivity contribution >= 4 is 11.5 Å². The number of morpholine rings is 1. The molecule has 8 heteroatoms. The van der Waals surface area contributed by atoms with Gasteiger partial charge in [-0.1, -0.05) is 0 Å². The van der Waals surface area contributed by atoms with Crippen LogP contribution in [0.5, 0.6) is 5.88 Å². The van der Waals surface area contributed by atoms with Crippen molar-refractivity contribution in [3.05, 3.63) is 22.2 Å². The minimum Gasteiger partial charge on any atom is -0.481 e. The number of hydrogen-bond donors (Lipinski definition) is 1. The average Bonchev–Trinajstić information content (AvgIpc) is 2.45. The number of rotatable bonds is 4. The van der Waals surface area contributed by atoms with E-state index in [9.17, 15) is 15.2 Å². The standard InChI is InChI=1S/C12H17N3O5/c1-8-5-14(6-9(7-16)20-8)12-10(15(17)18)3-4-11(13-12)19-2/h3-4,8-9,16H,5-7H2,1-2H3. The number of aliphatic hydroxyl groups is 1. The largest absolute Gasteiger partial charge is 0.481 e. The lowest BCUT2D eigenvalue weighted by Crippen LogP contribution is -2.48. The lowest BCUT2D eigenvalue weighted by Gasteiger charge is -2.36. The van der Waals surface area contributed by atoms with E-state index in [1.165, 1.54) is 19.2 Å². The number of anilines is 1. The lowest BCUT2D eigenvalue weighted by atomic mass is 10.2. The maximum absolute atomic E-state index is 11.1. The lowest BCUT2D eigenvalue weighted by molar-refractivity contribution is -0.384. The predicted octanol–water partition coefficient (Wildman–Crippen LogP) is 0.584. The Morgan fingerprint density at radius 1 is 1.60 bits per heavy atom. The first-order valence-corrected chi connectivity index (χ1v) is 6.25. The summed E-state index contributed by atoms with van der Waals surface area (Å²) in [5, 5.41) is 20.3. The number of nitro groups is 1. The van der Waals surface area contributed by atoms with Gasteiger partial charge in [0, 0.05) is 25.2 Å². The zero-order valence-electron chi connectivity index (χ0n) is 11.4. The second kappa shape index (κ2) is 6.02. The minimum atomic E-state index is -0.476. The summed E-state index contributed by atoms with van der Waals surface area (Å²) in [6.07, 6.45) is -0.528. The molecule has 0 bridgehead atoms. The van der Waals surface area contributed by atoms with E-state index in [4.69, 9.17) is 9.47 Å². The molecule has 1 saturated heterocycles. The van der Waals surface area contributed by atoms with E-state index >= 15 is 0 Å². The summed E-state index contributed by atoms with van der Waals surface area (Å²) in [6, 6.07) is 2.82. The zero-order chi connectivity index (χ0) is 14.7. The van der Waals surface area contributed by atoms with Gasteiger partial charge >= 0.3 is 5.69 Å². The normalized spacial score (nSPS) is 22.6. The van der Waals surface area contributed by atoms with Gasteiger partial charge in [0.2, 0.25) is 11.7 Å². The van der Waals surface area contributed by atoms with Gasteiger partial charge < -0.3 is 19.5 Å². The molecule has 8 nitrogen and oxygen atoms in total. The summed E-state index contributed by atoms with van der Waals surface area (Å²) in [5.41, 5.74) is -0.0865. The predicted molar refractivity (Wildman–Crippen MR) is 71.1 cm³/mol. The summed E-state index contributed by atoms with van der Waals surface area (Å²) < 4.78 is 10.5. The van der Waals surface area contributed by atoms with Crippen LogP contribution in [-0.4, -0.2) is 54.0 Å². The summed E-state index contributed by atoms with van der Waals surface area (Å²) >= 11 is 0. The monoisotopic (exact) mass is 283 g/mol. The molecular formula is C12H17N3O5. The maximum Gasteiger partial charge on any atom is 0.311 e. The van der Waals surface area contributed by atoms with Crippen LogP contribution in [0.2, 0.25) is 0 Å². The third-order valence-corrected chi connectivity index (χ3v) is 3.06. The highest BCUT2D eigenvalue weighted by molar-refractivity contribution is 5.59. The van der Waals surface area contributed by atoms with E-state index in [1.54, 1.807) is 4.90 Å². The molecule has 0 aliphatic carbocycles. The molecule has 0 spiro atoms. The highest BCUT2D eigenvalue weighted by atomic mass is 16.6. The molecular weight excluding hydrogens is 266 g/mol. The number of ether oxygens (including phenoxy) is 2. The summed E-state index contributed by atoms with van der Waals surface area (Å²) in [4.78, 5) is 16.5. The Kier molecular flexibility index (Phi) is 4.35. The molecule has 1 aliphatic heterocycles. The fourth-order valence-electron chi connectivity index (χ4n) is 2.23. The molecule has 1 aromatic rings. The van der Waals surface area contributed by atoms with Crippen LogP contribution in [0.15, 0.2) is 12.1 Å². The Morgan fingerprint density at radius 3 is 2.95 bits per heavy atom. The van der Waals surface area contributed by atoms with Crippen LogP contribution in [-0.2, 0) is 4.74 Å². The summed E-state index contributed by atoms with van der Waals surface area (Å²) in [7, 11) is 1.45. The van der Waals surface area contributed by atoms with Crippen LogP contribution in [0.4, 0.5) is 11.5 Å². The third kappa shape index (κ3) is 2.97. The molecule has 2 rings (SSSR count). The highest BCUT2D eigenvalue weighted by Gasteiger charge is 2.30. The fraction of sp³-hybridized carbons (Fsp3) is 0.583. The Bertz CT molecular complexity index is 496. The van der Waals surface area contributed by atoms with Gasteiger partial charge in [0.1, 0.15) is 0 Å². The fourth-order valence-corrected chi connectivity index (χ4v) is 2.23. The molecule has 2 atom stereocenters. The second-order valence-corrected chi connectivity index (χ2v) is 4.61. The highest BCUT2D eigenvalue weighted by Crippen LogP contribution is 2.30. The smallest absolute Gasteiger partial charge is 0.311 e. The average molecular weight is 283 g/mol. The van der Waals surface area contributed by atoms with Gasteiger partial charge in [-0.05, 0) is 6.92 Å². The zero-order valence-corrected chi connectivity index (χ0v) is 11.4. The van der Waals surface area contributed by atoms with Crippen molar-refractivity contribution in [3.8, 4) is 5.88 Å². The molecule has 0 radical (unpaired) electrons. The number of hydrogen-bond acceptors (Lipinski definition) is 7. The molecule has 1 fully saturated rings. The van der Waals surface area contributed by atoms with Crippen LogP contribution >= 0.6 is 0 Å². The summed E-state index contributed by atoms with van der Waals surface area (Å²) in [6.45, 7) is 2.53. The first kappa shape index (κ1) is 14.5. The van der Waals surface area contributed by atoms with Gasteiger partial charge in [-0.25, -0.2) is 0 Å². The van der Waals surface area contributed by atoms with Crippen LogP contribution in [0.1, 0.15) is 6.92 Å². The number of aliphatic hydroxyl groups excluding tert-OH is 1. The van der Waals surface area contributed by atoms with Crippen molar-refractivity contribution in [3.63, 3.8) is 0 Å². The van der Waals surface area contributed by atoms with Crippen LogP contribution in [0.25, 0.3) is 0 Å². The maximum atomic E-state index is 11.1. The Balaban J connectivity index is 2.36. The number of methoxy groups -OCH3 is 1. The van der Waals surface area contributed by atoms with E-state index < -0.39 is 4.92 Å². The number of aromatic nitrogens is 1. The second-order valence-electron chi connectivity index (χ2n) is 4.61.